The zero-order chi connectivity index (χ0) is 13.1. The molecular weight excluding hydrogens is 250 g/mol. The summed E-state index contributed by atoms with van der Waals surface area (Å²) < 4.78 is 22.1. The van der Waals surface area contributed by atoms with Gasteiger partial charge in [-0.25, -0.2) is 18.0 Å². The van der Waals surface area contributed by atoms with Crippen LogP contribution in [0.2, 0.25) is 0 Å². The van der Waals surface area contributed by atoms with E-state index < -0.39 is 21.8 Å². The SMILES string of the molecule is O=C(O)C(=O)O.O=S1(=O)CCC2(CC1)CNC2. The average Bonchev–Trinajstić information content (AvgIpc) is 2.16. The highest BCUT2D eigenvalue weighted by Gasteiger charge is 2.41. The molecular formula is C9H15NO6S. The van der Waals surface area contributed by atoms with Crippen molar-refractivity contribution in [2.24, 2.45) is 5.41 Å². The van der Waals surface area contributed by atoms with Gasteiger partial charge in [-0.05, 0) is 18.3 Å². The molecule has 2 fully saturated rings. The highest BCUT2D eigenvalue weighted by Crippen LogP contribution is 2.35. The van der Waals surface area contributed by atoms with Crippen molar-refractivity contribution in [3.8, 4) is 0 Å². The molecule has 0 amide bonds. The summed E-state index contributed by atoms with van der Waals surface area (Å²) in [4.78, 5) is 18.2. The predicted molar refractivity (Wildman–Crippen MR) is 58.5 cm³/mol. The van der Waals surface area contributed by atoms with Gasteiger partial charge < -0.3 is 15.5 Å². The summed E-state index contributed by atoms with van der Waals surface area (Å²) in [6.07, 6.45) is 1.75. The molecule has 0 bridgehead atoms. The standard InChI is InChI=1S/C7H13NO2S.C2H2O4/c9-11(10)3-1-7(2-4-11)5-8-6-7;3-1(4)2(5)6/h8H,1-6H2;(H,3,4)(H,5,6). The van der Waals surface area contributed by atoms with E-state index in [0.29, 0.717) is 16.9 Å². The molecule has 0 radical (unpaired) electrons. The molecule has 17 heavy (non-hydrogen) atoms. The fourth-order valence-electron chi connectivity index (χ4n) is 1.80. The Morgan fingerprint density at radius 2 is 1.41 bits per heavy atom. The maximum Gasteiger partial charge on any atom is 0.414 e. The molecule has 2 aliphatic rings. The summed E-state index contributed by atoms with van der Waals surface area (Å²) >= 11 is 0. The Kier molecular flexibility index (Phi) is 4.10. The maximum atomic E-state index is 11.1. The van der Waals surface area contributed by atoms with E-state index in [-0.39, 0.29) is 0 Å². The van der Waals surface area contributed by atoms with Crippen LogP contribution in [0.1, 0.15) is 12.8 Å². The first-order valence-corrected chi connectivity index (χ1v) is 6.96. The van der Waals surface area contributed by atoms with E-state index in [1.54, 1.807) is 0 Å². The van der Waals surface area contributed by atoms with Crippen molar-refractivity contribution in [1.82, 2.24) is 5.32 Å². The van der Waals surface area contributed by atoms with Crippen LogP contribution in [0.4, 0.5) is 0 Å². The second-order valence-electron chi connectivity index (χ2n) is 4.37. The first kappa shape index (κ1) is 13.9. The molecule has 2 rings (SSSR count). The van der Waals surface area contributed by atoms with Gasteiger partial charge in [0.05, 0.1) is 11.5 Å². The van der Waals surface area contributed by atoms with Gasteiger partial charge >= 0.3 is 11.9 Å². The lowest BCUT2D eigenvalue weighted by Crippen LogP contribution is -2.56. The van der Waals surface area contributed by atoms with Crippen molar-refractivity contribution >= 4 is 21.8 Å². The van der Waals surface area contributed by atoms with E-state index in [1.807, 2.05) is 0 Å². The Hall–Kier alpha value is -1.15. The second kappa shape index (κ2) is 5.01. The molecule has 0 saturated carbocycles. The summed E-state index contributed by atoms with van der Waals surface area (Å²) in [5.74, 6) is -2.83. The van der Waals surface area contributed by atoms with Crippen LogP contribution < -0.4 is 5.32 Å². The molecule has 1 spiro atoms. The van der Waals surface area contributed by atoms with E-state index in [0.717, 1.165) is 25.9 Å². The van der Waals surface area contributed by atoms with Crippen molar-refractivity contribution in [3.05, 3.63) is 0 Å². The van der Waals surface area contributed by atoms with Crippen LogP contribution in [0.3, 0.4) is 0 Å². The van der Waals surface area contributed by atoms with Gasteiger partial charge in [0, 0.05) is 13.1 Å². The number of carboxylic acids is 2. The number of carbonyl (C=O) groups is 2. The highest BCUT2D eigenvalue weighted by atomic mass is 32.2. The van der Waals surface area contributed by atoms with Crippen LogP contribution in [-0.4, -0.2) is 55.2 Å². The lowest BCUT2D eigenvalue weighted by Gasteiger charge is -2.45. The molecule has 0 aromatic heterocycles. The van der Waals surface area contributed by atoms with Crippen LogP contribution in [0.25, 0.3) is 0 Å². The fraction of sp³-hybridized carbons (Fsp3) is 0.778. The Labute approximate surface area is 98.7 Å². The highest BCUT2D eigenvalue weighted by molar-refractivity contribution is 7.91. The quantitative estimate of drug-likeness (QED) is 0.477. The zero-order valence-electron chi connectivity index (χ0n) is 9.18. The minimum Gasteiger partial charge on any atom is -0.473 e. The Balaban J connectivity index is 0.000000209. The van der Waals surface area contributed by atoms with Gasteiger partial charge in [-0.3, -0.25) is 0 Å². The van der Waals surface area contributed by atoms with Crippen LogP contribution in [0, 0.1) is 5.41 Å². The van der Waals surface area contributed by atoms with E-state index >= 15 is 0 Å². The molecule has 2 aliphatic heterocycles. The van der Waals surface area contributed by atoms with Gasteiger partial charge in [-0.1, -0.05) is 0 Å². The topological polar surface area (TPSA) is 121 Å². The summed E-state index contributed by atoms with van der Waals surface area (Å²) in [5.41, 5.74) is 0.366. The van der Waals surface area contributed by atoms with E-state index in [1.165, 1.54) is 0 Å². The first-order valence-electron chi connectivity index (χ1n) is 5.14. The van der Waals surface area contributed by atoms with Crippen LogP contribution in [0.5, 0.6) is 0 Å². The third-order valence-corrected chi connectivity index (χ3v) is 4.72. The molecule has 7 nitrogen and oxygen atoms in total. The number of nitrogens with one attached hydrogen (secondary N) is 1. The molecule has 2 heterocycles. The normalized spacial score (nSPS) is 24.0. The number of aliphatic carboxylic acids is 2. The van der Waals surface area contributed by atoms with E-state index in [4.69, 9.17) is 19.8 Å². The maximum absolute atomic E-state index is 11.1. The molecule has 0 aromatic carbocycles. The van der Waals surface area contributed by atoms with Gasteiger partial charge in [0.15, 0.2) is 0 Å². The third-order valence-electron chi connectivity index (χ3n) is 3.07. The van der Waals surface area contributed by atoms with E-state index in [9.17, 15) is 8.42 Å². The number of hydrogen-bond donors (Lipinski definition) is 3. The van der Waals surface area contributed by atoms with Crippen molar-refractivity contribution in [3.63, 3.8) is 0 Å². The zero-order valence-corrected chi connectivity index (χ0v) is 9.99. The molecule has 98 valence electrons. The fourth-order valence-corrected chi connectivity index (χ4v) is 3.50. The molecule has 2 saturated heterocycles. The molecule has 0 aliphatic carbocycles. The summed E-state index contributed by atoms with van der Waals surface area (Å²) in [6, 6.07) is 0. The van der Waals surface area contributed by atoms with Crippen molar-refractivity contribution in [2.75, 3.05) is 24.6 Å². The number of sulfone groups is 1. The molecule has 0 atom stereocenters. The summed E-state index contributed by atoms with van der Waals surface area (Å²) in [6.45, 7) is 2.06. The van der Waals surface area contributed by atoms with Crippen LogP contribution in [-0.2, 0) is 19.4 Å². The molecule has 0 unspecified atom stereocenters. The van der Waals surface area contributed by atoms with Gasteiger partial charge in [-0.2, -0.15) is 0 Å². The summed E-state index contributed by atoms with van der Waals surface area (Å²) in [5, 5.41) is 18.0. The Morgan fingerprint density at radius 1 is 1.00 bits per heavy atom. The van der Waals surface area contributed by atoms with Gasteiger partial charge in [-0.15, -0.1) is 0 Å². The molecule has 0 aromatic rings. The summed E-state index contributed by atoms with van der Waals surface area (Å²) in [7, 11) is -2.66. The number of carboxylic acid groups (broad SMARTS) is 2. The largest absolute Gasteiger partial charge is 0.473 e. The number of rotatable bonds is 0. The van der Waals surface area contributed by atoms with Gasteiger partial charge in [0.25, 0.3) is 0 Å². The van der Waals surface area contributed by atoms with Crippen LogP contribution in [0.15, 0.2) is 0 Å². The number of hydrogen-bond acceptors (Lipinski definition) is 5. The Morgan fingerprint density at radius 3 is 1.65 bits per heavy atom. The third kappa shape index (κ3) is 3.97. The van der Waals surface area contributed by atoms with Gasteiger partial charge in [0.1, 0.15) is 9.84 Å². The van der Waals surface area contributed by atoms with Gasteiger partial charge in [0.2, 0.25) is 0 Å². The predicted octanol–water partition coefficient (Wildman–Crippen LogP) is -1.06. The Bertz CT molecular complexity index is 383. The first-order chi connectivity index (χ1) is 7.76. The smallest absolute Gasteiger partial charge is 0.414 e. The lowest BCUT2D eigenvalue weighted by molar-refractivity contribution is -0.159. The van der Waals surface area contributed by atoms with Crippen LogP contribution >= 0.6 is 0 Å². The van der Waals surface area contributed by atoms with Crippen molar-refractivity contribution < 1.29 is 28.2 Å². The second-order valence-corrected chi connectivity index (χ2v) is 6.67. The molecule has 3 N–H and O–H groups in total. The molecule has 8 heteroatoms. The average molecular weight is 265 g/mol. The lowest BCUT2D eigenvalue weighted by atomic mass is 9.77. The van der Waals surface area contributed by atoms with Crippen molar-refractivity contribution in [2.45, 2.75) is 12.8 Å². The van der Waals surface area contributed by atoms with Crippen molar-refractivity contribution in [1.29, 1.82) is 0 Å². The minimum atomic E-state index is -2.66. The monoisotopic (exact) mass is 265 g/mol. The minimum absolute atomic E-state index is 0.366. The van der Waals surface area contributed by atoms with E-state index in [2.05, 4.69) is 5.32 Å².